The average molecular weight is 360 g/mol. The summed E-state index contributed by atoms with van der Waals surface area (Å²) in [5, 5.41) is 0.544. The Balaban J connectivity index is 3.14. The van der Waals surface area contributed by atoms with Gasteiger partial charge in [0.2, 0.25) is 10.0 Å². The van der Waals surface area contributed by atoms with E-state index in [9.17, 15) is 21.6 Å². The van der Waals surface area contributed by atoms with E-state index in [1.165, 1.54) is 0 Å². The second-order valence-electron chi connectivity index (χ2n) is 3.90. The van der Waals surface area contributed by atoms with Gasteiger partial charge >= 0.3 is 0 Å². The summed E-state index contributed by atoms with van der Waals surface area (Å²) >= 11 is 3.16. The lowest BCUT2D eigenvalue weighted by Gasteiger charge is -2.16. The molecule has 0 amide bonds. The summed E-state index contributed by atoms with van der Waals surface area (Å²) in [6.07, 6.45) is 0.940. The Morgan fingerprint density at radius 2 is 1.79 bits per heavy atom. The summed E-state index contributed by atoms with van der Waals surface area (Å²) in [6.45, 7) is 1.74. The van der Waals surface area contributed by atoms with Gasteiger partial charge in [-0.25, -0.2) is 26.3 Å². The summed E-state index contributed by atoms with van der Waals surface area (Å²) < 4.78 is 65.6. The SMILES string of the molecule is CCC(CCBr)NS(=O)(=O)c1c(F)cc(F)cc1F. The predicted octanol–water partition coefficient (Wildman–Crippen LogP) is 2.95. The maximum atomic E-state index is 13.4. The van der Waals surface area contributed by atoms with Crippen molar-refractivity contribution in [3.63, 3.8) is 0 Å². The maximum absolute atomic E-state index is 13.4. The van der Waals surface area contributed by atoms with Gasteiger partial charge in [0, 0.05) is 23.5 Å². The number of hydrogen-bond acceptors (Lipinski definition) is 2. The van der Waals surface area contributed by atoms with Gasteiger partial charge in [-0.3, -0.25) is 0 Å². The molecule has 0 heterocycles. The Kier molecular flexibility index (Phi) is 5.82. The molecule has 0 aliphatic heterocycles. The second-order valence-corrected chi connectivity index (χ2v) is 6.35. The quantitative estimate of drug-likeness (QED) is 0.793. The van der Waals surface area contributed by atoms with Gasteiger partial charge in [-0.1, -0.05) is 22.9 Å². The highest BCUT2D eigenvalue weighted by molar-refractivity contribution is 9.09. The number of halogens is 4. The van der Waals surface area contributed by atoms with Crippen LogP contribution in [0.2, 0.25) is 0 Å². The fourth-order valence-electron chi connectivity index (χ4n) is 1.54. The Hall–Kier alpha value is -0.600. The number of nitrogens with one attached hydrogen (secondary N) is 1. The molecular formula is C11H13BrF3NO2S. The summed E-state index contributed by atoms with van der Waals surface area (Å²) in [5.74, 6) is -4.06. The van der Waals surface area contributed by atoms with Crippen molar-refractivity contribution in [3.05, 3.63) is 29.6 Å². The van der Waals surface area contributed by atoms with Gasteiger partial charge in [-0.15, -0.1) is 0 Å². The van der Waals surface area contributed by atoms with E-state index < -0.39 is 38.4 Å². The van der Waals surface area contributed by atoms with Crippen molar-refractivity contribution >= 4 is 26.0 Å². The normalized spacial score (nSPS) is 13.5. The van der Waals surface area contributed by atoms with Crippen LogP contribution in [0, 0.1) is 17.5 Å². The zero-order chi connectivity index (χ0) is 14.6. The van der Waals surface area contributed by atoms with Crippen LogP contribution in [-0.4, -0.2) is 19.8 Å². The second kappa shape index (κ2) is 6.71. The van der Waals surface area contributed by atoms with Crippen molar-refractivity contribution in [1.29, 1.82) is 0 Å². The van der Waals surface area contributed by atoms with Crippen molar-refractivity contribution in [2.24, 2.45) is 0 Å². The number of benzene rings is 1. The van der Waals surface area contributed by atoms with Crippen molar-refractivity contribution in [3.8, 4) is 0 Å². The van der Waals surface area contributed by atoms with Gasteiger partial charge in [-0.05, 0) is 12.8 Å². The molecule has 19 heavy (non-hydrogen) atoms. The molecule has 1 rings (SSSR count). The number of sulfonamides is 1. The number of rotatable bonds is 6. The van der Waals surface area contributed by atoms with E-state index in [2.05, 4.69) is 20.7 Å². The molecule has 0 aliphatic rings. The molecule has 1 unspecified atom stereocenters. The molecule has 8 heteroatoms. The minimum Gasteiger partial charge on any atom is -0.208 e. The molecule has 0 saturated carbocycles. The molecule has 1 aromatic carbocycles. The zero-order valence-corrected chi connectivity index (χ0v) is 12.5. The Morgan fingerprint density at radius 3 is 2.21 bits per heavy atom. The predicted molar refractivity (Wildman–Crippen MR) is 69.1 cm³/mol. The van der Waals surface area contributed by atoms with E-state index in [1.807, 2.05) is 0 Å². The first-order valence-corrected chi connectivity index (χ1v) is 8.15. The Morgan fingerprint density at radius 1 is 1.26 bits per heavy atom. The molecule has 0 fully saturated rings. The van der Waals surface area contributed by atoms with Gasteiger partial charge in [0.1, 0.15) is 17.5 Å². The van der Waals surface area contributed by atoms with E-state index in [-0.39, 0.29) is 0 Å². The van der Waals surface area contributed by atoms with E-state index >= 15 is 0 Å². The standard InChI is InChI=1S/C11H13BrF3NO2S/c1-2-8(3-4-12)16-19(17,18)11-9(14)5-7(13)6-10(11)15/h5-6,8,16H,2-4H2,1H3. The van der Waals surface area contributed by atoms with Crippen LogP contribution < -0.4 is 4.72 Å². The molecule has 0 spiro atoms. The van der Waals surface area contributed by atoms with Crippen molar-refractivity contribution < 1.29 is 21.6 Å². The molecule has 108 valence electrons. The minimum absolute atomic E-state index is 0.336. The van der Waals surface area contributed by atoms with Crippen molar-refractivity contribution in [2.45, 2.75) is 30.7 Å². The van der Waals surface area contributed by atoms with Crippen LogP contribution in [0.4, 0.5) is 13.2 Å². The van der Waals surface area contributed by atoms with Crippen LogP contribution in [0.5, 0.6) is 0 Å². The largest absolute Gasteiger partial charge is 0.246 e. The smallest absolute Gasteiger partial charge is 0.208 e. The first-order chi connectivity index (χ1) is 8.81. The molecule has 0 aliphatic carbocycles. The highest BCUT2D eigenvalue weighted by Crippen LogP contribution is 2.21. The van der Waals surface area contributed by atoms with E-state index in [0.29, 0.717) is 30.3 Å². The minimum atomic E-state index is -4.36. The lowest BCUT2D eigenvalue weighted by atomic mass is 10.2. The third-order valence-electron chi connectivity index (χ3n) is 2.50. The fourth-order valence-corrected chi connectivity index (χ4v) is 3.57. The summed E-state index contributed by atoms with van der Waals surface area (Å²) in [7, 11) is -4.36. The molecule has 1 atom stereocenters. The van der Waals surface area contributed by atoms with Crippen LogP contribution in [-0.2, 0) is 10.0 Å². The highest BCUT2D eigenvalue weighted by Gasteiger charge is 2.27. The molecule has 0 aromatic heterocycles. The molecule has 1 N–H and O–H groups in total. The van der Waals surface area contributed by atoms with Crippen LogP contribution >= 0.6 is 15.9 Å². The lowest BCUT2D eigenvalue weighted by Crippen LogP contribution is -2.35. The highest BCUT2D eigenvalue weighted by atomic mass is 79.9. The summed E-state index contributed by atoms with van der Waals surface area (Å²) in [5.41, 5.74) is 0. The van der Waals surface area contributed by atoms with Crippen LogP contribution in [0.15, 0.2) is 17.0 Å². The molecule has 1 aromatic rings. The third-order valence-corrected chi connectivity index (χ3v) is 4.53. The zero-order valence-electron chi connectivity index (χ0n) is 10.1. The monoisotopic (exact) mass is 359 g/mol. The van der Waals surface area contributed by atoms with Crippen molar-refractivity contribution in [1.82, 2.24) is 4.72 Å². The fraction of sp³-hybridized carbons (Fsp3) is 0.455. The number of alkyl halides is 1. The molecule has 0 radical (unpaired) electrons. The Bertz CT molecular complexity index is 528. The van der Waals surface area contributed by atoms with Gasteiger partial charge in [-0.2, -0.15) is 0 Å². The molecule has 3 nitrogen and oxygen atoms in total. The lowest BCUT2D eigenvalue weighted by molar-refractivity contribution is 0.484. The van der Waals surface area contributed by atoms with Crippen LogP contribution in [0.25, 0.3) is 0 Å². The summed E-state index contributed by atoms with van der Waals surface area (Å²) in [6, 6.07) is 0.222. The maximum Gasteiger partial charge on any atom is 0.246 e. The van der Waals surface area contributed by atoms with E-state index in [4.69, 9.17) is 0 Å². The third kappa shape index (κ3) is 4.19. The molecular weight excluding hydrogens is 347 g/mol. The van der Waals surface area contributed by atoms with Crippen LogP contribution in [0.3, 0.4) is 0 Å². The van der Waals surface area contributed by atoms with E-state index in [0.717, 1.165) is 0 Å². The van der Waals surface area contributed by atoms with Gasteiger partial charge in [0.15, 0.2) is 4.90 Å². The van der Waals surface area contributed by atoms with E-state index in [1.54, 1.807) is 6.92 Å². The van der Waals surface area contributed by atoms with Gasteiger partial charge in [0.25, 0.3) is 0 Å². The molecule has 0 bridgehead atoms. The first-order valence-electron chi connectivity index (χ1n) is 5.54. The average Bonchev–Trinajstić information content (AvgIpc) is 2.25. The molecule has 0 saturated heterocycles. The van der Waals surface area contributed by atoms with Crippen molar-refractivity contribution in [2.75, 3.05) is 5.33 Å². The number of hydrogen-bond donors (Lipinski definition) is 1. The topological polar surface area (TPSA) is 46.2 Å². The van der Waals surface area contributed by atoms with Crippen LogP contribution in [0.1, 0.15) is 19.8 Å². The summed E-state index contributed by atoms with van der Waals surface area (Å²) in [4.78, 5) is -1.15. The Labute approximate surface area is 118 Å². The first kappa shape index (κ1) is 16.5. The van der Waals surface area contributed by atoms with Gasteiger partial charge in [0.05, 0.1) is 0 Å². The van der Waals surface area contributed by atoms with Gasteiger partial charge < -0.3 is 0 Å².